The van der Waals surface area contributed by atoms with Crippen LogP contribution in [-0.2, 0) is 4.74 Å². The van der Waals surface area contributed by atoms with E-state index in [1.807, 2.05) is 0 Å². The lowest BCUT2D eigenvalue weighted by molar-refractivity contribution is 0.0600. The minimum atomic E-state index is -0.418. The largest absolute Gasteiger partial charge is 0.465 e. The molecule has 2 aromatic rings. The molecule has 0 atom stereocenters. The lowest BCUT2D eigenvalue weighted by Gasteiger charge is -2.02. The Labute approximate surface area is 92.2 Å². The Morgan fingerprint density at radius 2 is 2.06 bits per heavy atom. The molecule has 80 valence electrons. The Balaban J connectivity index is 2.40. The van der Waals surface area contributed by atoms with Crippen molar-refractivity contribution in [1.82, 2.24) is 15.0 Å². The van der Waals surface area contributed by atoms with E-state index in [1.54, 1.807) is 30.9 Å². The third-order valence-electron chi connectivity index (χ3n) is 2.02. The minimum absolute atomic E-state index is 0.394. The zero-order valence-electron chi connectivity index (χ0n) is 8.62. The van der Waals surface area contributed by atoms with E-state index >= 15 is 0 Å². The molecule has 5 heteroatoms. The third-order valence-corrected chi connectivity index (χ3v) is 2.02. The summed E-state index contributed by atoms with van der Waals surface area (Å²) < 4.78 is 4.61. The Bertz CT molecular complexity index is 500. The highest BCUT2D eigenvalue weighted by molar-refractivity contribution is 5.90. The molecular weight excluding hydrogens is 206 g/mol. The maximum Gasteiger partial charge on any atom is 0.339 e. The smallest absolute Gasteiger partial charge is 0.339 e. The van der Waals surface area contributed by atoms with Gasteiger partial charge in [0, 0.05) is 30.4 Å². The van der Waals surface area contributed by atoms with Gasteiger partial charge in [0.05, 0.1) is 24.6 Å². The van der Waals surface area contributed by atoms with Crippen LogP contribution in [0.4, 0.5) is 0 Å². The summed E-state index contributed by atoms with van der Waals surface area (Å²) in [5.74, 6) is -0.418. The monoisotopic (exact) mass is 215 g/mol. The summed E-state index contributed by atoms with van der Waals surface area (Å²) in [7, 11) is 1.33. The standard InChI is InChI=1S/C11H9N3O2/c1-16-11(15)9-4-8(5-13-6-9)10-7-12-2-3-14-10/h2-7H,1H3. The van der Waals surface area contributed by atoms with Crippen molar-refractivity contribution in [3.05, 3.63) is 42.6 Å². The molecule has 0 N–H and O–H groups in total. The van der Waals surface area contributed by atoms with Crippen molar-refractivity contribution in [1.29, 1.82) is 0 Å². The molecule has 2 rings (SSSR count). The Kier molecular flexibility index (Phi) is 2.86. The van der Waals surface area contributed by atoms with Gasteiger partial charge in [0.15, 0.2) is 0 Å². The van der Waals surface area contributed by atoms with Gasteiger partial charge in [-0.15, -0.1) is 0 Å². The van der Waals surface area contributed by atoms with Crippen molar-refractivity contribution in [2.45, 2.75) is 0 Å². The summed E-state index contributed by atoms with van der Waals surface area (Å²) in [6.07, 6.45) is 7.85. The summed E-state index contributed by atoms with van der Waals surface area (Å²) in [5, 5.41) is 0. The molecule has 0 radical (unpaired) electrons. The Hall–Kier alpha value is -2.30. The van der Waals surface area contributed by atoms with Gasteiger partial charge in [-0.1, -0.05) is 0 Å². The van der Waals surface area contributed by atoms with Crippen LogP contribution >= 0.6 is 0 Å². The molecule has 0 saturated heterocycles. The van der Waals surface area contributed by atoms with Crippen molar-refractivity contribution < 1.29 is 9.53 Å². The van der Waals surface area contributed by atoms with Crippen LogP contribution in [0, 0.1) is 0 Å². The predicted molar refractivity (Wildman–Crippen MR) is 56.6 cm³/mol. The zero-order chi connectivity index (χ0) is 11.4. The molecule has 0 aromatic carbocycles. The van der Waals surface area contributed by atoms with Crippen LogP contribution in [0.15, 0.2) is 37.1 Å². The molecule has 0 aliphatic carbocycles. The fraction of sp³-hybridized carbons (Fsp3) is 0.0909. The van der Waals surface area contributed by atoms with E-state index in [2.05, 4.69) is 19.7 Å². The van der Waals surface area contributed by atoms with Crippen molar-refractivity contribution in [3.8, 4) is 11.3 Å². The number of aromatic nitrogens is 3. The van der Waals surface area contributed by atoms with E-state index in [-0.39, 0.29) is 0 Å². The normalized spacial score (nSPS) is 9.81. The van der Waals surface area contributed by atoms with E-state index in [0.717, 1.165) is 5.56 Å². The van der Waals surface area contributed by atoms with Gasteiger partial charge in [0.2, 0.25) is 0 Å². The summed E-state index contributed by atoms with van der Waals surface area (Å²) in [6, 6.07) is 1.67. The van der Waals surface area contributed by atoms with E-state index in [1.165, 1.54) is 13.3 Å². The third kappa shape index (κ3) is 2.03. The summed E-state index contributed by atoms with van der Waals surface area (Å²) in [4.78, 5) is 23.3. The first-order valence-corrected chi connectivity index (χ1v) is 4.61. The first-order valence-electron chi connectivity index (χ1n) is 4.61. The molecule has 0 aliphatic heterocycles. The maximum atomic E-state index is 11.3. The second-order valence-electron chi connectivity index (χ2n) is 3.04. The van der Waals surface area contributed by atoms with E-state index < -0.39 is 5.97 Å². The number of carbonyl (C=O) groups excluding carboxylic acids is 1. The van der Waals surface area contributed by atoms with Crippen LogP contribution in [0.5, 0.6) is 0 Å². The minimum Gasteiger partial charge on any atom is -0.465 e. The van der Waals surface area contributed by atoms with Crippen molar-refractivity contribution in [2.75, 3.05) is 7.11 Å². The average molecular weight is 215 g/mol. The maximum absolute atomic E-state index is 11.3. The topological polar surface area (TPSA) is 65.0 Å². The first-order chi connectivity index (χ1) is 7.81. The summed E-state index contributed by atoms with van der Waals surface area (Å²) in [5.41, 5.74) is 1.79. The molecule has 0 amide bonds. The van der Waals surface area contributed by atoms with Gasteiger partial charge >= 0.3 is 5.97 Å². The van der Waals surface area contributed by atoms with Gasteiger partial charge in [-0.2, -0.15) is 0 Å². The van der Waals surface area contributed by atoms with E-state index in [4.69, 9.17) is 0 Å². The number of nitrogens with zero attached hydrogens (tertiary/aromatic N) is 3. The molecule has 2 heterocycles. The van der Waals surface area contributed by atoms with Crippen LogP contribution in [0.3, 0.4) is 0 Å². The summed E-state index contributed by atoms with van der Waals surface area (Å²) >= 11 is 0. The van der Waals surface area contributed by atoms with Gasteiger partial charge in [0.1, 0.15) is 0 Å². The van der Waals surface area contributed by atoms with Gasteiger partial charge < -0.3 is 4.74 Å². The van der Waals surface area contributed by atoms with E-state index in [9.17, 15) is 4.79 Å². The number of hydrogen-bond donors (Lipinski definition) is 0. The molecule has 0 spiro atoms. The SMILES string of the molecule is COC(=O)c1cncc(-c2cnccn2)c1. The van der Waals surface area contributed by atoms with Gasteiger partial charge in [-0.25, -0.2) is 4.79 Å². The number of esters is 1. The van der Waals surface area contributed by atoms with E-state index in [0.29, 0.717) is 11.3 Å². The van der Waals surface area contributed by atoms with Crippen molar-refractivity contribution >= 4 is 5.97 Å². The van der Waals surface area contributed by atoms with Crippen LogP contribution in [0.1, 0.15) is 10.4 Å². The van der Waals surface area contributed by atoms with Gasteiger partial charge in [-0.05, 0) is 6.07 Å². The number of methoxy groups -OCH3 is 1. The number of pyridine rings is 1. The molecule has 0 aliphatic rings. The quantitative estimate of drug-likeness (QED) is 0.707. The van der Waals surface area contributed by atoms with Crippen molar-refractivity contribution in [2.24, 2.45) is 0 Å². The van der Waals surface area contributed by atoms with Crippen LogP contribution in [0.2, 0.25) is 0 Å². The highest BCUT2D eigenvalue weighted by Gasteiger charge is 2.07. The Morgan fingerprint density at radius 3 is 2.75 bits per heavy atom. The number of ether oxygens (including phenoxy) is 1. The fourth-order valence-corrected chi connectivity index (χ4v) is 1.26. The average Bonchev–Trinajstić information content (AvgIpc) is 2.39. The van der Waals surface area contributed by atoms with Crippen LogP contribution in [0.25, 0.3) is 11.3 Å². The first kappa shape index (κ1) is 10.2. The van der Waals surface area contributed by atoms with Gasteiger partial charge in [-0.3, -0.25) is 15.0 Å². The molecule has 0 saturated carbocycles. The second-order valence-corrected chi connectivity index (χ2v) is 3.04. The lowest BCUT2D eigenvalue weighted by Crippen LogP contribution is -2.02. The molecule has 2 aromatic heterocycles. The molecule has 0 fully saturated rings. The number of rotatable bonds is 2. The lowest BCUT2D eigenvalue weighted by atomic mass is 10.1. The molecular formula is C11H9N3O2. The highest BCUT2D eigenvalue weighted by Crippen LogP contribution is 2.15. The Morgan fingerprint density at radius 1 is 1.19 bits per heavy atom. The van der Waals surface area contributed by atoms with Crippen LogP contribution in [-0.4, -0.2) is 28.0 Å². The van der Waals surface area contributed by atoms with Crippen LogP contribution < -0.4 is 0 Å². The molecule has 16 heavy (non-hydrogen) atoms. The second kappa shape index (κ2) is 4.48. The molecule has 0 unspecified atom stereocenters. The van der Waals surface area contributed by atoms with Crippen molar-refractivity contribution in [3.63, 3.8) is 0 Å². The molecule has 0 bridgehead atoms. The van der Waals surface area contributed by atoms with Gasteiger partial charge in [0.25, 0.3) is 0 Å². The zero-order valence-corrected chi connectivity index (χ0v) is 8.62. The fourth-order valence-electron chi connectivity index (χ4n) is 1.26. The number of carbonyl (C=O) groups is 1. The number of hydrogen-bond acceptors (Lipinski definition) is 5. The predicted octanol–water partition coefficient (Wildman–Crippen LogP) is 1.33. The summed E-state index contributed by atoms with van der Waals surface area (Å²) in [6.45, 7) is 0. The highest BCUT2D eigenvalue weighted by atomic mass is 16.5. The molecule has 5 nitrogen and oxygen atoms in total.